The zero-order valence-corrected chi connectivity index (χ0v) is 8.70. The number of carbonyl (C=O) groups is 2. The summed E-state index contributed by atoms with van der Waals surface area (Å²) >= 11 is 0. The van der Waals surface area contributed by atoms with Gasteiger partial charge >= 0.3 is 12.0 Å². The molecule has 1 fully saturated rings. The summed E-state index contributed by atoms with van der Waals surface area (Å²) in [6.07, 6.45) is 2.02. The molecule has 0 aromatic rings. The number of hydrogen-bond acceptors (Lipinski definition) is 2. The van der Waals surface area contributed by atoms with Crippen molar-refractivity contribution in [3.05, 3.63) is 0 Å². The monoisotopic (exact) mass is 200 g/mol. The molecule has 1 saturated carbocycles. The quantitative estimate of drug-likeness (QED) is 0.702. The van der Waals surface area contributed by atoms with Crippen LogP contribution in [0.5, 0.6) is 0 Å². The van der Waals surface area contributed by atoms with Gasteiger partial charge in [0, 0.05) is 13.1 Å². The lowest BCUT2D eigenvalue weighted by Crippen LogP contribution is -2.53. The minimum atomic E-state index is -1.21. The normalized spacial score (nSPS) is 16.2. The average molecular weight is 200 g/mol. The van der Waals surface area contributed by atoms with E-state index in [0.717, 1.165) is 12.8 Å². The van der Waals surface area contributed by atoms with Crippen LogP contribution in [0.2, 0.25) is 0 Å². The van der Waals surface area contributed by atoms with Crippen molar-refractivity contribution >= 4 is 12.0 Å². The van der Waals surface area contributed by atoms with E-state index in [1.807, 2.05) is 0 Å². The number of urea groups is 1. The summed E-state index contributed by atoms with van der Waals surface area (Å²) < 4.78 is 0. The van der Waals surface area contributed by atoms with Gasteiger partial charge < -0.3 is 15.3 Å². The molecule has 0 atom stereocenters. The van der Waals surface area contributed by atoms with Gasteiger partial charge in [-0.2, -0.15) is 0 Å². The third-order valence-electron chi connectivity index (χ3n) is 2.37. The zero-order chi connectivity index (χ0) is 10.9. The number of amides is 2. The van der Waals surface area contributed by atoms with Gasteiger partial charge in [0.05, 0.1) is 0 Å². The molecule has 1 aliphatic rings. The Morgan fingerprint density at radius 1 is 1.43 bits per heavy atom. The van der Waals surface area contributed by atoms with Gasteiger partial charge in [-0.15, -0.1) is 0 Å². The molecule has 5 nitrogen and oxygen atoms in total. The highest BCUT2D eigenvalue weighted by atomic mass is 16.4. The summed E-state index contributed by atoms with van der Waals surface area (Å²) in [5.41, 5.74) is -1.21. The Kier molecular flexibility index (Phi) is 2.69. The lowest BCUT2D eigenvalue weighted by molar-refractivity contribution is -0.143. The van der Waals surface area contributed by atoms with Gasteiger partial charge in [0.15, 0.2) is 0 Å². The average Bonchev–Trinajstić information content (AvgIpc) is 2.84. The van der Waals surface area contributed by atoms with Crippen molar-refractivity contribution in [3.8, 4) is 0 Å². The molecule has 2 amide bonds. The number of rotatable bonds is 3. The third kappa shape index (κ3) is 2.37. The van der Waals surface area contributed by atoms with E-state index in [-0.39, 0.29) is 6.03 Å². The van der Waals surface area contributed by atoms with Crippen molar-refractivity contribution in [1.82, 2.24) is 10.2 Å². The topological polar surface area (TPSA) is 69.6 Å². The number of carboxylic acids is 1. The Bertz CT molecular complexity index is 259. The maximum atomic E-state index is 11.5. The Hall–Kier alpha value is -1.26. The fourth-order valence-corrected chi connectivity index (χ4v) is 1.04. The summed E-state index contributed by atoms with van der Waals surface area (Å²) in [6.45, 7) is 2.93. The minimum absolute atomic E-state index is 0.291. The van der Waals surface area contributed by atoms with E-state index in [1.54, 1.807) is 11.9 Å². The molecule has 0 spiro atoms. The van der Waals surface area contributed by atoms with Crippen LogP contribution < -0.4 is 5.32 Å². The van der Waals surface area contributed by atoms with Crippen LogP contribution in [0.1, 0.15) is 26.7 Å². The number of nitrogens with zero attached hydrogens (tertiary/aromatic N) is 1. The number of aliphatic carboxylic acids is 1. The van der Waals surface area contributed by atoms with Crippen LogP contribution in [0.25, 0.3) is 0 Å². The third-order valence-corrected chi connectivity index (χ3v) is 2.37. The first-order valence-electron chi connectivity index (χ1n) is 4.63. The molecular weight excluding hydrogens is 184 g/mol. The highest BCUT2D eigenvalue weighted by Crippen LogP contribution is 2.25. The maximum Gasteiger partial charge on any atom is 0.328 e. The first-order valence-corrected chi connectivity index (χ1v) is 4.63. The van der Waals surface area contributed by atoms with Crippen LogP contribution in [-0.4, -0.2) is 40.6 Å². The maximum absolute atomic E-state index is 11.5. The van der Waals surface area contributed by atoms with Crippen LogP contribution >= 0.6 is 0 Å². The smallest absolute Gasteiger partial charge is 0.328 e. The number of carboxylic acid groups (broad SMARTS) is 1. The van der Waals surface area contributed by atoms with Gasteiger partial charge in [-0.3, -0.25) is 0 Å². The van der Waals surface area contributed by atoms with Crippen LogP contribution in [0.4, 0.5) is 4.79 Å². The predicted molar refractivity (Wildman–Crippen MR) is 51.0 cm³/mol. The Balaban J connectivity index is 2.50. The summed E-state index contributed by atoms with van der Waals surface area (Å²) in [6, 6.07) is -0.0282. The molecule has 2 N–H and O–H groups in total. The molecule has 1 aliphatic carbocycles. The molecule has 0 bridgehead atoms. The van der Waals surface area contributed by atoms with Crippen LogP contribution in [-0.2, 0) is 4.79 Å². The first-order chi connectivity index (χ1) is 6.34. The van der Waals surface area contributed by atoms with E-state index in [0.29, 0.717) is 6.04 Å². The van der Waals surface area contributed by atoms with Crippen molar-refractivity contribution < 1.29 is 14.7 Å². The fraction of sp³-hybridized carbons (Fsp3) is 0.778. The summed E-state index contributed by atoms with van der Waals surface area (Å²) in [5, 5.41) is 11.3. The number of hydrogen-bond donors (Lipinski definition) is 2. The molecule has 80 valence electrons. The van der Waals surface area contributed by atoms with Gasteiger partial charge in [-0.05, 0) is 26.7 Å². The van der Waals surface area contributed by atoms with E-state index in [1.165, 1.54) is 13.8 Å². The Morgan fingerprint density at radius 2 is 1.93 bits per heavy atom. The molecule has 5 heteroatoms. The molecule has 0 aromatic heterocycles. The highest BCUT2D eigenvalue weighted by molar-refractivity contribution is 5.85. The molecule has 1 rings (SSSR count). The summed E-state index contributed by atoms with van der Waals surface area (Å²) in [5.74, 6) is -1.03. The van der Waals surface area contributed by atoms with E-state index >= 15 is 0 Å². The van der Waals surface area contributed by atoms with Gasteiger partial charge in [-0.1, -0.05) is 0 Å². The van der Waals surface area contributed by atoms with Crippen molar-refractivity contribution in [3.63, 3.8) is 0 Å². The second-order valence-electron chi connectivity index (χ2n) is 4.20. The zero-order valence-electron chi connectivity index (χ0n) is 8.70. The lowest BCUT2D eigenvalue weighted by atomic mass is 10.1. The fourth-order valence-electron chi connectivity index (χ4n) is 1.04. The largest absolute Gasteiger partial charge is 0.480 e. The van der Waals surface area contributed by atoms with Gasteiger partial charge in [-0.25, -0.2) is 9.59 Å². The second kappa shape index (κ2) is 3.48. The van der Waals surface area contributed by atoms with Crippen LogP contribution in [0.3, 0.4) is 0 Å². The minimum Gasteiger partial charge on any atom is -0.480 e. The number of nitrogens with one attached hydrogen (secondary N) is 1. The highest BCUT2D eigenvalue weighted by Gasteiger charge is 2.34. The molecule has 14 heavy (non-hydrogen) atoms. The van der Waals surface area contributed by atoms with Gasteiger partial charge in [0.1, 0.15) is 5.54 Å². The molecular formula is C9H16N2O3. The SMILES string of the molecule is CN(C(=O)NC(C)(C)C(=O)O)C1CC1. The molecule has 0 heterocycles. The Morgan fingerprint density at radius 3 is 2.29 bits per heavy atom. The van der Waals surface area contributed by atoms with E-state index in [4.69, 9.17) is 5.11 Å². The molecule has 0 saturated heterocycles. The predicted octanol–water partition coefficient (Wildman–Crippen LogP) is 0.653. The molecule has 0 aliphatic heterocycles. The van der Waals surface area contributed by atoms with Crippen LogP contribution in [0, 0.1) is 0 Å². The van der Waals surface area contributed by atoms with Crippen molar-refractivity contribution in [1.29, 1.82) is 0 Å². The van der Waals surface area contributed by atoms with Crippen molar-refractivity contribution in [2.75, 3.05) is 7.05 Å². The van der Waals surface area contributed by atoms with Gasteiger partial charge in [0.2, 0.25) is 0 Å². The standard InChI is InChI=1S/C9H16N2O3/c1-9(2,7(12)13)10-8(14)11(3)6-4-5-6/h6H,4-5H2,1-3H3,(H,10,14)(H,12,13). The van der Waals surface area contributed by atoms with Crippen LogP contribution in [0.15, 0.2) is 0 Å². The van der Waals surface area contributed by atoms with Crippen molar-refractivity contribution in [2.45, 2.75) is 38.3 Å². The molecule has 0 aromatic carbocycles. The van der Waals surface area contributed by atoms with Crippen molar-refractivity contribution in [2.24, 2.45) is 0 Å². The Labute approximate surface area is 83.1 Å². The second-order valence-corrected chi connectivity index (χ2v) is 4.20. The van der Waals surface area contributed by atoms with Gasteiger partial charge in [0.25, 0.3) is 0 Å². The van der Waals surface area contributed by atoms with E-state index in [9.17, 15) is 9.59 Å². The molecule has 0 radical (unpaired) electrons. The van der Waals surface area contributed by atoms with E-state index < -0.39 is 11.5 Å². The number of carbonyl (C=O) groups excluding carboxylic acids is 1. The van der Waals surface area contributed by atoms with E-state index in [2.05, 4.69) is 5.32 Å². The summed E-state index contributed by atoms with van der Waals surface area (Å²) in [4.78, 5) is 23.8. The molecule has 0 unspecified atom stereocenters. The summed E-state index contributed by atoms with van der Waals surface area (Å²) in [7, 11) is 1.69. The first kappa shape index (κ1) is 10.8. The lowest BCUT2D eigenvalue weighted by Gasteiger charge is -2.25.